The van der Waals surface area contributed by atoms with Crippen LogP contribution in [0.3, 0.4) is 0 Å². The Morgan fingerprint density at radius 1 is 1.73 bits per heavy atom. The fourth-order valence-electron chi connectivity index (χ4n) is 0.770. The first-order valence-corrected chi connectivity index (χ1v) is 5.49. The molecule has 0 aromatic carbocycles. The molecule has 0 aliphatic heterocycles. The Hall–Kier alpha value is -1.22. The minimum atomic E-state index is -0.867. The number of nitrogens with two attached hydrogens (primary N) is 1. The highest BCUT2D eigenvalue weighted by Crippen LogP contribution is 2.15. The zero-order chi connectivity index (χ0) is 12.1. The first-order chi connectivity index (χ1) is 6.81. The number of nitriles is 1. The topological polar surface area (TPSA) is 103 Å². The lowest BCUT2D eigenvalue weighted by Gasteiger charge is -2.27. The second-order valence-corrected chi connectivity index (χ2v) is 4.69. The Labute approximate surface area is 93.9 Å². The van der Waals surface area contributed by atoms with Crippen molar-refractivity contribution < 1.29 is 4.79 Å². The second-order valence-electron chi connectivity index (χ2n) is 3.67. The van der Waals surface area contributed by atoms with Crippen LogP contribution in [-0.2, 0) is 4.79 Å². The van der Waals surface area contributed by atoms with Gasteiger partial charge in [0.2, 0.25) is 5.91 Å². The van der Waals surface area contributed by atoms with Crippen LogP contribution in [0.5, 0.6) is 0 Å². The summed E-state index contributed by atoms with van der Waals surface area (Å²) in [6, 6.07) is 2.07. The summed E-state index contributed by atoms with van der Waals surface area (Å²) in [5.74, 6) is -0.194. The van der Waals surface area contributed by atoms with Crippen molar-refractivity contribution in [3.05, 3.63) is 0 Å². The van der Waals surface area contributed by atoms with Crippen LogP contribution in [0.15, 0.2) is 0 Å². The van der Waals surface area contributed by atoms with Crippen LogP contribution in [0.25, 0.3) is 0 Å². The van der Waals surface area contributed by atoms with Gasteiger partial charge >= 0.3 is 0 Å². The van der Waals surface area contributed by atoms with Crippen LogP contribution in [0, 0.1) is 22.7 Å². The van der Waals surface area contributed by atoms with E-state index in [4.69, 9.17) is 16.4 Å². The van der Waals surface area contributed by atoms with Crippen LogP contribution in [0.2, 0.25) is 0 Å². The van der Waals surface area contributed by atoms with Crippen LogP contribution >= 0.6 is 11.8 Å². The van der Waals surface area contributed by atoms with Gasteiger partial charge in [-0.1, -0.05) is 25.6 Å². The van der Waals surface area contributed by atoms with Gasteiger partial charge < -0.3 is 11.1 Å². The molecule has 0 fully saturated rings. The molecule has 15 heavy (non-hydrogen) atoms. The van der Waals surface area contributed by atoms with E-state index >= 15 is 0 Å². The van der Waals surface area contributed by atoms with E-state index in [9.17, 15) is 4.79 Å². The van der Waals surface area contributed by atoms with Gasteiger partial charge in [-0.25, -0.2) is 0 Å². The summed E-state index contributed by atoms with van der Waals surface area (Å²) in [6.45, 7) is 5.40. The average molecular weight is 228 g/mol. The Morgan fingerprint density at radius 3 is 2.60 bits per heavy atom. The number of carbonyl (C=O) groups is 1. The normalized spacial score (nSPS) is 14.1. The molecular formula is C9H16N4OS. The van der Waals surface area contributed by atoms with Gasteiger partial charge in [0, 0.05) is 0 Å². The molecule has 0 aromatic rings. The van der Waals surface area contributed by atoms with Crippen molar-refractivity contribution in [3.63, 3.8) is 0 Å². The molecule has 0 spiro atoms. The molecule has 0 saturated heterocycles. The van der Waals surface area contributed by atoms with E-state index in [2.05, 4.69) is 11.4 Å². The van der Waals surface area contributed by atoms with Crippen molar-refractivity contribution in [1.82, 2.24) is 5.32 Å². The quantitative estimate of drug-likeness (QED) is 0.486. The number of nitrogens with one attached hydrogen (secondary N) is 2. The summed E-state index contributed by atoms with van der Waals surface area (Å²) in [7, 11) is 0. The number of nitrogens with zero attached hydrogens (tertiary/aromatic N) is 1. The molecule has 0 aliphatic carbocycles. The largest absolute Gasteiger partial charge is 0.379 e. The average Bonchev–Trinajstić information content (AvgIpc) is 2.14. The molecule has 0 radical (unpaired) electrons. The lowest BCUT2D eigenvalue weighted by molar-refractivity contribution is -0.120. The monoisotopic (exact) mass is 228 g/mol. The third-order valence-corrected chi connectivity index (χ3v) is 2.86. The van der Waals surface area contributed by atoms with Gasteiger partial charge in [-0.05, 0) is 12.8 Å². The molecule has 0 saturated carbocycles. The maximum Gasteiger partial charge on any atom is 0.231 e. The standard InChI is InChI=1S/C9H16N4OS/c1-6(2)9(3,5-10)13-7(14)4-15-8(11)12/h6H,4H2,1-3H3,(H3,11,12)(H,13,14). The fraction of sp³-hybridized carbons (Fsp3) is 0.667. The number of amidine groups is 1. The number of thioether (sulfide) groups is 1. The number of amides is 1. The van der Waals surface area contributed by atoms with Crippen molar-refractivity contribution in [2.45, 2.75) is 26.3 Å². The lowest BCUT2D eigenvalue weighted by atomic mass is 9.90. The molecule has 0 aromatic heterocycles. The lowest BCUT2D eigenvalue weighted by Crippen LogP contribution is -2.49. The molecule has 1 atom stereocenters. The summed E-state index contributed by atoms with van der Waals surface area (Å²) >= 11 is 0.942. The summed E-state index contributed by atoms with van der Waals surface area (Å²) in [6.07, 6.45) is 0. The van der Waals surface area contributed by atoms with Crippen LogP contribution in [0.4, 0.5) is 0 Å². The Bertz CT molecular complexity index is 297. The summed E-state index contributed by atoms with van der Waals surface area (Å²) < 4.78 is 0. The van der Waals surface area contributed by atoms with Gasteiger partial charge in [-0.2, -0.15) is 5.26 Å². The highest BCUT2D eigenvalue weighted by Gasteiger charge is 2.29. The van der Waals surface area contributed by atoms with Crippen molar-refractivity contribution in [2.75, 3.05) is 5.75 Å². The third-order valence-electron chi connectivity index (χ3n) is 2.14. The molecule has 6 heteroatoms. The summed E-state index contributed by atoms with van der Waals surface area (Å²) in [5, 5.41) is 18.4. The van der Waals surface area contributed by atoms with Crippen LogP contribution in [-0.4, -0.2) is 22.4 Å². The predicted molar refractivity (Wildman–Crippen MR) is 61.4 cm³/mol. The minimum Gasteiger partial charge on any atom is -0.379 e. The highest BCUT2D eigenvalue weighted by molar-refractivity contribution is 8.14. The number of rotatable bonds is 4. The van der Waals surface area contributed by atoms with Crippen molar-refractivity contribution in [1.29, 1.82) is 10.7 Å². The van der Waals surface area contributed by atoms with E-state index in [-0.39, 0.29) is 22.7 Å². The molecule has 0 heterocycles. The number of hydrogen-bond donors (Lipinski definition) is 3. The maximum absolute atomic E-state index is 11.4. The van der Waals surface area contributed by atoms with Gasteiger partial charge in [0.25, 0.3) is 0 Å². The van der Waals surface area contributed by atoms with E-state index in [1.54, 1.807) is 6.92 Å². The predicted octanol–water partition coefficient (Wildman–Crippen LogP) is 0.668. The SMILES string of the molecule is CC(C)C(C)(C#N)NC(=O)CSC(=N)N. The van der Waals surface area contributed by atoms with Crippen molar-refractivity contribution >= 4 is 22.8 Å². The van der Waals surface area contributed by atoms with E-state index < -0.39 is 5.54 Å². The molecule has 1 unspecified atom stereocenters. The van der Waals surface area contributed by atoms with Gasteiger partial charge in [0.15, 0.2) is 5.17 Å². The smallest absolute Gasteiger partial charge is 0.231 e. The molecule has 5 nitrogen and oxygen atoms in total. The van der Waals surface area contributed by atoms with Crippen LogP contribution in [0.1, 0.15) is 20.8 Å². The number of hydrogen-bond acceptors (Lipinski definition) is 4. The third kappa shape index (κ3) is 4.70. The molecule has 84 valence electrons. The van der Waals surface area contributed by atoms with Gasteiger partial charge in [-0.3, -0.25) is 10.2 Å². The Kier molecular flexibility index (Phi) is 5.15. The van der Waals surface area contributed by atoms with Gasteiger partial charge in [0.1, 0.15) is 5.54 Å². The summed E-state index contributed by atoms with van der Waals surface area (Å²) in [5.41, 5.74) is 4.23. The van der Waals surface area contributed by atoms with E-state index in [1.165, 1.54) is 0 Å². The number of carbonyl (C=O) groups excluding carboxylic acids is 1. The summed E-state index contributed by atoms with van der Waals surface area (Å²) in [4.78, 5) is 11.4. The molecule has 0 aliphatic rings. The van der Waals surface area contributed by atoms with Crippen LogP contribution < -0.4 is 11.1 Å². The second kappa shape index (κ2) is 5.61. The fourth-order valence-corrected chi connectivity index (χ4v) is 1.13. The van der Waals surface area contributed by atoms with Crippen molar-refractivity contribution in [3.8, 4) is 6.07 Å². The maximum atomic E-state index is 11.4. The molecule has 4 N–H and O–H groups in total. The van der Waals surface area contributed by atoms with Gasteiger partial charge in [-0.15, -0.1) is 0 Å². The van der Waals surface area contributed by atoms with E-state index in [0.29, 0.717) is 0 Å². The van der Waals surface area contributed by atoms with Crippen molar-refractivity contribution in [2.24, 2.45) is 11.7 Å². The van der Waals surface area contributed by atoms with Gasteiger partial charge in [0.05, 0.1) is 11.8 Å². The Morgan fingerprint density at radius 2 is 2.27 bits per heavy atom. The Balaban J connectivity index is 4.27. The first-order valence-electron chi connectivity index (χ1n) is 4.51. The zero-order valence-corrected chi connectivity index (χ0v) is 9.94. The highest BCUT2D eigenvalue weighted by atomic mass is 32.2. The molecular weight excluding hydrogens is 212 g/mol. The van der Waals surface area contributed by atoms with E-state index in [1.807, 2.05) is 13.8 Å². The zero-order valence-electron chi connectivity index (χ0n) is 9.13. The van der Waals surface area contributed by atoms with E-state index in [0.717, 1.165) is 11.8 Å². The molecule has 0 bridgehead atoms. The molecule has 0 rings (SSSR count). The first kappa shape index (κ1) is 13.8. The minimum absolute atomic E-state index is 0.0220. The molecule has 1 amide bonds.